The lowest BCUT2D eigenvalue weighted by Gasteiger charge is -2.35. The Morgan fingerprint density at radius 2 is 1.70 bits per heavy atom. The molecule has 0 saturated heterocycles. The average Bonchev–Trinajstić information content (AvgIpc) is 2.32. The highest BCUT2D eigenvalue weighted by Gasteiger charge is 2.28. The molecule has 0 aromatic heterocycles. The zero-order chi connectivity index (χ0) is 15.4. The van der Waals surface area contributed by atoms with Crippen LogP contribution in [0.25, 0.3) is 0 Å². The van der Waals surface area contributed by atoms with Gasteiger partial charge in [-0.2, -0.15) is 0 Å². The van der Waals surface area contributed by atoms with Crippen molar-refractivity contribution < 1.29 is 4.39 Å². The summed E-state index contributed by atoms with van der Waals surface area (Å²) in [4.78, 5) is 0. The molecule has 0 spiro atoms. The maximum atomic E-state index is 13.5. The summed E-state index contributed by atoms with van der Waals surface area (Å²) < 4.78 is 14.4. The minimum absolute atomic E-state index is 0.109. The van der Waals surface area contributed by atoms with Gasteiger partial charge in [0, 0.05) is 16.6 Å². The third-order valence-electron chi connectivity index (χ3n) is 4.00. The van der Waals surface area contributed by atoms with Crippen molar-refractivity contribution in [1.29, 1.82) is 0 Å². The maximum Gasteiger partial charge on any atom is 0.124 e. The molecule has 3 heteroatoms. The molecule has 0 fully saturated rings. The van der Waals surface area contributed by atoms with E-state index in [1.807, 2.05) is 6.07 Å². The van der Waals surface area contributed by atoms with Crippen molar-refractivity contribution in [2.45, 2.75) is 59.4 Å². The summed E-state index contributed by atoms with van der Waals surface area (Å²) in [6, 6.07) is 5.19. The fraction of sp³-hybridized carbons (Fsp3) is 0.647. The van der Waals surface area contributed by atoms with Crippen molar-refractivity contribution in [3.63, 3.8) is 0 Å². The number of benzene rings is 1. The van der Waals surface area contributed by atoms with Gasteiger partial charge >= 0.3 is 0 Å². The van der Waals surface area contributed by atoms with E-state index in [1.54, 1.807) is 6.07 Å². The van der Waals surface area contributed by atoms with E-state index >= 15 is 0 Å². The van der Waals surface area contributed by atoms with Crippen LogP contribution in [0.1, 0.15) is 53.0 Å². The first kappa shape index (κ1) is 17.6. The zero-order valence-corrected chi connectivity index (χ0v) is 14.9. The molecule has 0 heterocycles. The monoisotopic (exact) mass is 343 g/mol. The summed E-state index contributed by atoms with van der Waals surface area (Å²) in [6.07, 6.45) is 3.07. The molecule has 1 nitrogen and oxygen atoms in total. The molecular formula is C17H27BrFN. The molecule has 1 rings (SSSR count). The van der Waals surface area contributed by atoms with Crippen molar-refractivity contribution in [3.05, 3.63) is 34.1 Å². The Morgan fingerprint density at radius 3 is 2.15 bits per heavy atom. The lowest BCUT2D eigenvalue weighted by Crippen LogP contribution is -2.44. The van der Waals surface area contributed by atoms with Crippen LogP contribution in [0.2, 0.25) is 0 Å². The summed E-state index contributed by atoms with van der Waals surface area (Å²) >= 11 is 3.38. The van der Waals surface area contributed by atoms with Crippen LogP contribution in [0.4, 0.5) is 4.39 Å². The highest BCUT2D eigenvalue weighted by molar-refractivity contribution is 9.10. The molecule has 0 radical (unpaired) electrons. The Morgan fingerprint density at radius 1 is 1.10 bits per heavy atom. The summed E-state index contributed by atoms with van der Waals surface area (Å²) in [6.45, 7) is 12.0. The normalized spacial score (nSPS) is 12.8. The Labute approximate surface area is 131 Å². The van der Waals surface area contributed by atoms with Gasteiger partial charge in [-0.3, -0.25) is 0 Å². The number of halogens is 2. The van der Waals surface area contributed by atoms with E-state index in [4.69, 9.17) is 0 Å². The Hall–Kier alpha value is -0.410. The maximum absolute atomic E-state index is 13.5. The highest BCUT2D eigenvalue weighted by atomic mass is 79.9. The average molecular weight is 344 g/mol. The SMILES string of the molecule is CCC(CC)(CNC(C)(C)C)Cc1cc(F)cc(Br)c1. The van der Waals surface area contributed by atoms with Crippen LogP contribution in [0.3, 0.4) is 0 Å². The molecule has 1 aromatic rings. The first-order valence-electron chi connectivity index (χ1n) is 7.40. The lowest BCUT2D eigenvalue weighted by atomic mass is 9.76. The van der Waals surface area contributed by atoms with Gasteiger partial charge in [0.1, 0.15) is 5.82 Å². The standard InChI is InChI=1S/C17H27BrFN/c1-6-17(7-2,12-20-16(3,4)5)11-13-8-14(18)10-15(19)9-13/h8-10,20H,6-7,11-12H2,1-5H3. The highest BCUT2D eigenvalue weighted by Crippen LogP contribution is 2.32. The van der Waals surface area contributed by atoms with Gasteiger partial charge in [-0.05, 0) is 69.2 Å². The van der Waals surface area contributed by atoms with Crippen LogP contribution in [0.5, 0.6) is 0 Å². The van der Waals surface area contributed by atoms with E-state index in [0.717, 1.165) is 35.8 Å². The summed E-state index contributed by atoms with van der Waals surface area (Å²) in [5, 5.41) is 3.61. The third kappa shape index (κ3) is 5.53. The van der Waals surface area contributed by atoms with Crippen molar-refractivity contribution in [2.75, 3.05) is 6.54 Å². The van der Waals surface area contributed by atoms with E-state index < -0.39 is 0 Å². The fourth-order valence-electron chi connectivity index (χ4n) is 2.41. The first-order chi connectivity index (χ1) is 9.19. The van der Waals surface area contributed by atoms with Gasteiger partial charge in [-0.25, -0.2) is 4.39 Å². The molecule has 0 aliphatic rings. The second kappa shape index (κ2) is 7.04. The summed E-state index contributed by atoms with van der Waals surface area (Å²) in [7, 11) is 0. The minimum atomic E-state index is -0.167. The van der Waals surface area contributed by atoms with Gasteiger partial charge in [-0.1, -0.05) is 29.8 Å². The molecule has 0 atom stereocenters. The van der Waals surface area contributed by atoms with Crippen molar-refractivity contribution >= 4 is 15.9 Å². The molecule has 0 bridgehead atoms. The molecule has 1 aromatic carbocycles. The molecule has 1 N–H and O–H groups in total. The number of hydrogen-bond acceptors (Lipinski definition) is 1. The van der Waals surface area contributed by atoms with Gasteiger partial charge in [0.25, 0.3) is 0 Å². The molecule has 0 saturated carbocycles. The third-order valence-corrected chi connectivity index (χ3v) is 4.45. The van der Waals surface area contributed by atoms with Crippen molar-refractivity contribution in [1.82, 2.24) is 5.32 Å². The summed E-state index contributed by atoms with van der Waals surface area (Å²) in [5.74, 6) is -0.167. The first-order valence-corrected chi connectivity index (χ1v) is 8.19. The van der Waals surface area contributed by atoms with E-state index in [2.05, 4.69) is 55.9 Å². The van der Waals surface area contributed by atoms with Crippen LogP contribution in [0.15, 0.2) is 22.7 Å². The topological polar surface area (TPSA) is 12.0 Å². The number of nitrogens with one attached hydrogen (secondary N) is 1. The largest absolute Gasteiger partial charge is 0.312 e. The van der Waals surface area contributed by atoms with Crippen LogP contribution < -0.4 is 5.32 Å². The quantitative estimate of drug-likeness (QED) is 0.736. The van der Waals surface area contributed by atoms with Gasteiger partial charge in [-0.15, -0.1) is 0 Å². The predicted molar refractivity (Wildman–Crippen MR) is 88.6 cm³/mol. The molecule has 0 aliphatic heterocycles. The van der Waals surface area contributed by atoms with E-state index in [9.17, 15) is 4.39 Å². The number of hydrogen-bond donors (Lipinski definition) is 1. The van der Waals surface area contributed by atoms with E-state index in [0.29, 0.717) is 0 Å². The van der Waals surface area contributed by atoms with Crippen molar-refractivity contribution in [2.24, 2.45) is 5.41 Å². The molecule has 0 unspecified atom stereocenters. The van der Waals surface area contributed by atoms with Crippen LogP contribution in [-0.4, -0.2) is 12.1 Å². The Kier molecular flexibility index (Phi) is 6.21. The molecular weight excluding hydrogens is 317 g/mol. The minimum Gasteiger partial charge on any atom is -0.312 e. The molecule has 20 heavy (non-hydrogen) atoms. The van der Waals surface area contributed by atoms with Crippen LogP contribution >= 0.6 is 15.9 Å². The summed E-state index contributed by atoms with van der Waals surface area (Å²) in [5.41, 5.74) is 1.36. The second-order valence-electron chi connectivity index (χ2n) is 6.77. The Bertz CT molecular complexity index is 413. The molecule has 0 aliphatic carbocycles. The van der Waals surface area contributed by atoms with Gasteiger partial charge in [0.05, 0.1) is 0 Å². The molecule has 0 amide bonds. The van der Waals surface area contributed by atoms with Gasteiger partial charge in [0.2, 0.25) is 0 Å². The van der Waals surface area contributed by atoms with Gasteiger partial charge < -0.3 is 5.32 Å². The van der Waals surface area contributed by atoms with E-state index in [-0.39, 0.29) is 16.8 Å². The lowest BCUT2D eigenvalue weighted by molar-refractivity contribution is 0.220. The fourth-order valence-corrected chi connectivity index (χ4v) is 2.92. The second-order valence-corrected chi connectivity index (χ2v) is 7.68. The van der Waals surface area contributed by atoms with Crippen LogP contribution in [-0.2, 0) is 6.42 Å². The van der Waals surface area contributed by atoms with Crippen LogP contribution in [0, 0.1) is 11.2 Å². The zero-order valence-electron chi connectivity index (χ0n) is 13.3. The van der Waals surface area contributed by atoms with Crippen molar-refractivity contribution in [3.8, 4) is 0 Å². The molecule has 114 valence electrons. The number of rotatable bonds is 6. The predicted octanol–water partition coefficient (Wildman–Crippen LogP) is 5.33. The Balaban J connectivity index is 2.90. The van der Waals surface area contributed by atoms with E-state index in [1.165, 1.54) is 6.07 Å². The van der Waals surface area contributed by atoms with Gasteiger partial charge in [0.15, 0.2) is 0 Å². The smallest absolute Gasteiger partial charge is 0.124 e.